The zero-order chi connectivity index (χ0) is 12.2. The molecular weight excluding hydrogens is 244 g/mol. The summed E-state index contributed by atoms with van der Waals surface area (Å²) in [6.45, 7) is 0.661. The van der Waals surface area contributed by atoms with E-state index in [0.29, 0.717) is 6.61 Å². The minimum atomic E-state index is 0.190. The first-order valence-electron chi connectivity index (χ1n) is 7.05. The van der Waals surface area contributed by atoms with E-state index in [4.69, 9.17) is 10.5 Å². The van der Waals surface area contributed by atoms with Gasteiger partial charge in [0.2, 0.25) is 0 Å². The molecule has 4 aliphatic carbocycles. The van der Waals surface area contributed by atoms with Crippen molar-refractivity contribution in [1.82, 2.24) is 4.98 Å². The highest BCUT2D eigenvalue weighted by Crippen LogP contribution is 2.57. The molecule has 98 valence electrons. The lowest BCUT2D eigenvalue weighted by Gasteiger charge is -2.56. The van der Waals surface area contributed by atoms with Crippen LogP contribution in [0.1, 0.15) is 43.5 Å². The molecule has 4 saturated carbocycles. The summed E-state index contributed by atoms with van der Waals surface area (Å²) in [6.07, 6.45) is 10.0. The number of anilines is 1. The summed E-state index contributed by atoms with van der Waals surface area (Å²) in [4.78, 5) is 4.30. The van der Waals surface area contributed by atoms with Gasteiger partial charge < -0.3 is 10.5 Å². The molecule has 0 saturated heterocycles. The molecule has 2 N–H and O–H groups in total. The topological polar surface area (TPSA) is 48.1 Å². The maximum atomic E-state index is 6.33. The Balaban J connectivity index is 1.47. The molecule has 5 rings (SSSR count). The van der Waals surface area contributed by atoms with Gasteiger partial charge in [0.05, 0.1) is 18.4 Å². The van der Waals surface area contributed by atoms with Crippen molar-refractivity contribution in [1.29, 1.82) is 0 Å². The largest absolute Gasteiger partial charge is 0.389 e. The van der Waals surface area contributed by atoms with Crippen LogP contribution in [-0.4, -0.2) is 10.6 Å². The van der Waals surface area contributed by atoms with Crippen LogP contribution in [0.4, 0.5) is 5.00 Å². The second-order valence-electron chi connectivity index (χ2n) is 6.55. The maximum Gasteiger partial charge on any atom is 0.120 e. The fourth-order valence-corrected chi connectivity index (χ4v) is 5.41. The van der Waals surface area contributed by atoms with Gasteiger partial charge in [-0.15, -0.1) is 0 Å². The Morgan fingerprint density at radius 1 is 1.22 bits per heavy atom. The van der Waals surface area contributed by atoms with Gasteiger partial charge in [0.1, 0.15) is 10.0 Å². The van der Waals surface area contributed by atoms with Gasteiger partial charge >= 0.3 is 0 Å². The Hall–Kier alpha value is -0.610. The first-order chi connectivity index (χ1) is 8.71. The highest BCUT2D eigenvalue weighted by molar-refractivity contribution is 7.15. The fraction of sp³-hybridized carbons (Fsp3) is 0.786. The molecule has 3 nitrogen and oxygen atoms in total. The second-order valence-corrected chi connectivity index (χ2v) is 7.69. The molecule has 1 aromatic rings. The first kappa shape index (κ1) is 11.2. The van der Waals surface area contributed by atoms with Crippen LogP contribution in [0.5, 0.6) is 0 Å². The standard InChI is InChI=1S/C14H20N2OS/c15-12-7-16-13(18-12)8-17-14-4-9-1-10(5-14)3-11(2-9)6-14/h7,9-11H,1-6,8,15H2. The minimum Gasteiger partial charge on any atom is -0.389 e. The molecule has 0 aliphatic heterocycles. The summed E-state index contributed by atoms with van der Waals surface area (Å²) >= 11 is 1.56. The Bertz CT molecular complexity index is 421. The first-order valence-corrected chi connectivity index (χ1v) is 7.87. The Labute approximate surface area is 112 Å². The van der Waals surface area contributed by atoms with E-state index < -0.39 is 0 Å². The smallest absolute Gasteiger partial charge is 0.120 e. The second kappa shape index (κ2) is 3.94. The van der Waals surface area contributed by atoms with Crippen LogP contribution >= 0.6 is 11.3 Å². The Morgan fingerprint density at radius 2 is 1.83 bits per heavy atom. The molecule has 18 heavy (non-hydrogen) atoms. The summed E-state index contributed by atoms with van der Waals surface area (Å²) in [6, 6.07) is 0. The van der Waals surface area contributed by atoms with Gasteiger partial charge in [-0.1, -0.05) is 11.3 Å². The van der Waals surface area contributed by atoms with Gasteiger partial charge in [0.15, 0.2) is 0 Å². The van der Waals surface area contributed by atoms with Gasteiger partial charge in [-0.25, -0.2) is 4.98 Å². The van der Waals surface area contributed by atoms with E-state index in [1.807, 2.05) is 0 Å². The van der Waals surface area contributed by atoms with Crippen molar-refractivity contribution in [3.63, 3.8) is 0 Å². The lowest BCUT2D eigenvalue weighted by Crippen LogP contribution is -2.51. The van der Waals surface area contributed by atoms with E-state index in [-0.39, 0.29) is 5.60 Å². The average Bonchev–Trinajstić information content (AvgIpc) is 2.71. The number of nitrogens with zero attached hydrogens (tertiary/aromatic N) is 1. The monoisotopic (exact) mass is 264 g/mol. The van der Waals surface area contributed by atoms with Gasteiger partial charge in [-0.3, -0.25) is 0 Å². The Kier molecular flexibility index (Phi) is 2.46. The van der Waals surface area contributed by atoms with Crippen molar-refractivity contribution in [3.8, 4) is 0 Å². The quantitative estimate of drug-likeness (QED) is 0.912. The number of nitrogens with two attached hydrogens (primary N) is 1. The summed E-state index contributed by atoms with van der Waals surface area (Å²) in [5.74, 6) is 2.83. The summed E-state index contributed by atoms with van der Waals surface area (Å²) in [5, 5.41) is 1.82. The molecule has 0 spiro atoms. The molecule has 4 heteroatoms. The third-order valence-corrected chi connectivity index (χ3v) is 5.86. The van der Waals surface area contributed by atoms with Gasteiger partial charge in [0, 0.05) is 0 Å². The number of rotatable bonds is 3. The average molecular weight is 264 g/mol. The van der Waals surface area contributed by atoms with Crippen LogP contribution in [-0.2, 0) is 11.3 Å². The summed E-state index contributed by atoms with van der Waals surface area (Å²) in [7, 11) is 0. The van der Waals surface area contributed by atoms with E-state index in [9.17, 15) is 0 Å². The predicted octanol–water partition coefficient (Wildman–Crippen LogP) is 3.21. The number of hydrogen-bond donors (Lipinski definition) is 1. The lowest BCUT2D eigenvalue weighted by molar-refractivity contribution is -0.168. The maximum absolute atomic E-state index is 6.33. The zero-order valence-electron chi connectivity index (χ0n) is 10.6. The minimum absolute atomic E-state index is 0.190. The number of hydrogen-bond acceptors (Lipinski definition) is 4. The number of thiazole rings is 1. The molecule has 1 aromatic heterocycles. The third-order valence-electron chi connectivity index (χ3n) is 5.06. The molecule has 0 unspecified atom stereocenters. The third kappa shape index (κ3) is 1.86. The molecule has 0 aromatic carbocycles. The van der Waals surface area contributed by atoms with Crippen LogP contribution in [0.2, 0.25) is 0 Å². The van der Waals surface area contributed by atoms with E-state index >= 15 is 0 Å². The van der Waals surface area contributed by atoms with Crippen LogP contribution in [0.3, 0.4) is 0 Å². The van der Waals surface area contributed by atoms with Crippen molar-refractivity contribution < 1.29 is 4.74 Å². The van der Waals surface area contributed by atoms with Crippen molar-refractivity contribution in [3.05, 3.63) is 11.2 Å². The molecule has 0 atom stereocenters. The normalized spacial score (nSPS) is 41.4. The van der Waals surface area contributed by atoms with E-state index in [1.165, 1.54) is 38.5 Å². The molecule has 4 fully saturated rings. The highest BCUT2D eigenvalue weighted by Gasteiger charge is 2.51. The van der Waals surface area contributed by atoms with Crippen LogP contribution in [0.25, 0.3) is 0 Å². The zero-order valence-corrected chi connectivity index (χ0v) is 11.4. The van der Waals surface area contributed by atoms with Crippen LogP contribution < -0.4 is 5.73 Å². The molecule has 4 aliphatic rings. The molecule has 4 bridgehead atoms. The van der Waals surface area contributed by atoms with Crippen LogP contribution in [0, 0.1) is 17.8 Å². The van der Waals surface area contributed by atoms with Gasteiger partial charge in [-0.2, -0.15) is 0 Å². The highest BCUT2D eigenvalue weighted by atomic mass is 32.1. The van der Waals surface area contributed by atoms with Gasteiger partial charge in [0.25, 0.3) is 0 Å². The van der Waals surface area contributed by atoms with E-state index in [2.05, 4.69) is 4.98 Å². The lowest BCUT2D eigenvalue weighted by atomic mass is 9.54. The number of nitrogen functional groups attached to an aromatic ring is 1. The Morgan fingerprint density at radius 3 is 2.33 bits per heavy atom. The van der Waals surface area contributed by atoms with Crippen molar-refractivity contribution in [2.24, 2.45) is 17.8 Å². The van der Waals surface area contributed by atoms with Crippen molar-refractivity contribution in [2.45, 2.75) is 50.7 Å². The SMILES string of the molecule is Nc1cnc(COC23CC4CC(CC(C4)C2)C3)s1. The number of ether oxygens (including phenoxy) is 1. The van der Waals surface area contributed by atoms with E-state index in [1.54, 1.807) is 17.5 Å². The van der Waals surface area contributed by atoms with Crippen LogP contribution in [0.15, 0.2) is 6.20 Å². The summed E-state index contributed by atoms with van der Waals surface area (Å²) < 4.78 is 6.33. The molecule has 0 amide bonds. The molecular formula is C14H20N2OS. The van der Waals surface area contributed by atoms with Crippen molar-refractivity contribution in [2.75, 3.05) is 5.73 Å². The van der Waals surface area contributed by atoms with E-state index in [0.717, 1.165) is 27.8 Å². The molecule has 0 radical (unpaired) electrons. The fourth-order valence-electron chi connectivity index (χ4n) is 4.81. The summed E-state index contributed by atoms with van der Waals surface area (Å²) in [5.41, 5.74) is 5.91. The van der Waals surface area contributed by atoms with Crippen molar-refractivity contribution >= 4 is 16.3 Å². The number of aromatic nitrogens is 1. The molecule has 1 heterocycles. The predicted molar refractivity (Wildman–Crippen MR) is 72.2 cm³/mol. The van der Waals surface area contributed by atoms with Gasteiger partial charge in [-0.05, 0) is 56.3 Å².